The summed E-state index contributed by atoms with van der Waals surface area (Å²) in [6.45, 7) is 3.76. The van der Waals surface area contributed by atoms with E-state index in [2.05, 4.69) is 4.98 Å². The van der Waals surface area contributed by atoms with Gasteiger partial charge < -0.3 is 9.30 Å². The van der Waals surface area contributed by atoms with Gasteiger partial charge in [-0.05, 0) is 31.5 Å². The molecule has 3 nitrogen and oxygen atoms in total. The van der Waals surface area contributed by atoms with Crippen molar-refractivity contribution in [3.63, 3.8) is 0 Å². The number of halogens is 4. The number of hydrogen-bond acceptors (Lipinski definition) is 2. The lowest BCUT2D eigenvalue weighted by molar-refractivity contribution is -0.137. The van der Waals surface area contributed by atoms with Crippen molar-refractivity contribution in [3.8, 4) is 0 Å². The lowest BCUT2D eigenvalue weighted by Crippen LogP contribution is -2.06. The minimum Gasteiger partial charge on any atom is -0.382 e. The summed E-state index contributed by atoms with van der Waals surface area (Å²) in [6, 6.07) is 3.58. The Hall–Kier alpha value is -1.27. The predicted octanol–water partition coefficient (Wildman–Crippen LogP) is 4.22. The van der Waals surface area contributed by atoms with E-state index in [1.807, 2.05) is 11.5 Å². The zero-order chi connectivity index (χ0) is 15.5. The molecule has 0 atom stereocenters. The highest BCUT2D eigenvalue weighted by Crippen LogP contribution is 2.31. The van der Waals surface area contributed by atoms with Crippen molar-refractivity contribution < 1.29 is 17.9 Å². The van der Waals surface area contributed by atoms with E-state index in [0.29, 0.717) is 36.6 Å². The van der Waals surface area contributed by atoms with Gasteiger partial charge in [0.2, 0.25) is 0 Å². The molecule has 0 saturated carbocycles. The first-order chi connectivity index (χ1) is 9.97. The van der Waals surface area contributed by atoms with Crippen LogP contribution in [0.4, 0.5) is 13.2 Å². The van der Waals surface area contributed by atoms with E-state index in [4.69, 9.17) is 16.3 Å². The topological polar surface area (TPSA) is 27.1 Å². The highest BCUT2D eigenvalue weighted by molar-refractivity contribution is 6.16. The number of aryl methyl sites for hydroxylation is 1. The van der Waals surface area contributed by atoms with Gasteiger partial charge in [0.15, 0.2) is 0 Å². The second-order valence-electron chi connectivity index (χ2n) is 4.57. The number of benzene rings is 1. The Bertz CT molecular complexity index is 610. The zero-order valence-corrected chi connectivity index (χ0v) is 12.3. The van der Waals surface area contributed by atoms with Gasteiger partial charge in [0.05, 0.1) is 22.5 Å². The normalized spacial score (nSPS) is 12.2. The van der Waals surface area contributed by atoms with Crippen LogP contribution in [0.2, 0.25) is 0 Å². The summed E-state index contributed by atoms with van der Waals surface area (Å²) in [4.78, 5) is 4.19. The Morgan fingerprint density at radius 3 is 2.71 bits per heavy atom. The van der Waals surface area contributed by atoms with Gasteiger partial charge in [0.25, 0.3) is 0 Å². The van der Waals surface area contributed by atoms with Gasteiger partial charge in [0, 0.05) is 19.8 Å². The number of hydrogen-bond donors (Lipinski definition) is 0. The molecule has 1 heterocycles. The van der Waals surface area contributed by atoms with Gasteiger partial charge >= 0.3 is 6.18 Å². The van der Waals surface area contributed by atoms with Crippen molar-refractivity contribution in [2.45, 2.75) is 31.9 Å². The van der Waals surface area contributed by atoms with Crippen molar-refractivity contribution in [1.82, 2.24) is 9.55 Å². The van der Waals surface area contributed by atoms with Gasteiger partial charge in [-0.3, -0.25) is 0 Å². The van der Waals surface area contributed by atoms with E-state index in [1.54, 1.807) is 0 Å². The number of aromatic nitrogens is 2. The summed E-state index contributed by atoms with van der Waals surface area (Å²) in [6.07, 6.45) is -3.61. The molecule has 0 unspecified atom stereocenters. The van der Waals surface area contributed by atoms with Crippen molar-refractivity contribution in [2.75, 3.05) is 13.2 Å². The molecule has 116 valence electrons. The van der Waals surface area contributed by atoms with Gasteiger partial charge in [0.1, 0.15) is 5.82 Å². The Balaban J connectivity index is 2.31. The second kappa shape index (κ2) is 6.66. The van der Waals surface area contributed by atoms with Crippen molar-refractivity contribution in [3.05, 3.63) is 29.6 Å². The number of rotatable bonds is 6. The molecule has 0 saturated heterocycles. The summed E-state index contributed by atoms with van der Waals surface area (Å²) in [7, 11) is 0. The maximum atomic E-state index is 12.7. The third kappa shape index (κ3) is 3.68. The first-order valence-electron chi connectivity index (χ1n) is 6.67. The van der Waals surface area contributed by atoms with Crippen molar-refractivity contribution >= 4 is 22.6 Å². The van der Waals surface area contributed by atoms with E-state index in [-0.39, 0.29) is 5.88 Å². The average Bonchev–Trinajstić information content (AvgIpc) is 2.79. The van der Waals surface area contributed by atoms with Crippen LogP contribution in [0.25, 0.3) is 11.0 Å². The minimum absolute atomic E-state index is 0.157. The molecule has 1 aromatic heterocycles. The molecular formula is C14H16ClF3N2O. The van der Waals surface area contributed by atoms with E-state index in [1.165, 1.54) is 6.07 Å². The quantitative estimate of drug-likeness (QED) is 0.588. The smallest absolute Gasteiger partial charge is 0.382 e. The van der Waals surface area contributed by atoms with Crippen LogP contribution in [-0.2, 0) is 23.3 Å². The van der Waals surface area contributed by atoms with Crippen LogP contribution in [-0.4, -0.2) is 22.8 Å². The fourth-order valence-corrected chi connectivity index (χ4v) is 2.38. The third-order valence-electron chi connectivity index (χ3n) is 3.15. The van der Waals surface area contributed by atoms with Gasteiger partial charge in [-0.1, -0.05) is 0 Å². The Kier molecular flexibility index (Phi) is 5.11. The third-order valence-corrected chi connectivity index (χ3v) is 3.39. The first kappa shape index (κ1) is 16.1. The number of fused-ring (bicyclic) bond motifs is 1. The van der Waals surface area contributed by atoms with Crippen LogP contribution < -0.4 is 0 Å². The molecule has 1 aromatic carbocycles. The molecule has 21 heavy (non-hydrogen) atoms. The summed E-state index contributed by atoms with van der Waals surface area (Å²) >= 11 is 5.84. The van der Waals surface area contributed by atoms with Gasteiger partial charge in [-0.2, -0.15) is 13.2 Å². The molecule has 0 fully saturated rings. The van der Waals surface area contributed by atoms with Crippen LogP contribution in [0.15, 0.2) is 18.2 Å². The van der Waals surface area contributed by atoms with E-state index < -0.39 is 11.7 Å². The fourth-order valence-electron chi connectivity index (χ4n) is 2.18. The fraction of sp³-hybridized carbons (Fsp3) is 0.500. The molecule has 0 bridgehead atoms. The van der Waals surface area contributed by atoms with Crippen LogP contribution in [0, 0.1) is 0 Å². The monoisotopic (exact) mass is 320 g/mol. The standard InChI is InChI=1S/C14H16ClF3N2O/c1-2-21-7-3-6-20-12-5-4-10(14(16,17)18)8-11(12)19-13(20)9-15/h4-5,8H,2-3,6-7,9H2,1H3. The van der Waals surface area contributed by atoms with Gasteiger partial charge in [-0.25, -0.2) is 4.98 Å². The SMILES string of the molecule is CCOCCCn1c(CCl)nc2cc(C(F)(F)F)ccc21. The Morgan fingerprint density at radius 2 is 2.10 bits per heavy atom. The maximum Gasteiger partial charge on any atom is 0.416 e. The molecule has 2 rings (SSSR count). The lowest BCUT2D eigenvalue weighted by atomic mass is 10.2. The lowest BCUT2D eigenvalue weighted by Gasteiger charge is -2.09. The summed E-state index contributed by atoms with van der Waals surface area (Å²) in [5.74, 6) is 0.729. The minimum atomic E-state index is -4.37. The predicted molar refractivity (Wildman–Crippen MR) is 75.4 cm³/mol. The van der Waals surface area contributed by atoms with E-state index in [9.17, 15) is 13.2 Å². The Morgan fingerprint density at radius 1 is 1.33 bits per heavy atom. The highest BCUT2D eigenvalue weighted by atomic mass is 35.5. The number of ether oxygens (including phenoxy) is 1. The summed E-state index contributed by atoms with van der Waals surface area (Å²) in [5.41, 5.74) is 0.280. The molecule has 0 aliphatic carbocycles. The molecule has 0 spiro atoms. The molecule has 0 radical (unpaired) electrons. The highest BCUT2D eigenvalue weighted by Gasteiger charge is 2.31. The van der Waals surface area contributed by atoms with E-state index >= 15 is 0 Å². The van der Waals surface area contributed by atoms with E-state index in [0.717, 1.165) is 18.6 Å². The average molecular weight is 321 g/mol. The van der Waals surface area contributed by atoms with Crippen LogP contribution in [0.1, 0.15) is 24.7 Å². The molecule has 0 amide bonds. The molecule has 2 aromatic rings. The number of imidazole rings is 1. The molecule has 0 N–H and O–H groups in total. The zero-order valence-electron chi connectivity index (χ0n) is 11.6. The van der Waals surface area contributed by atoms with Crippen molar-refractivity contribution in [2.24, 2.45) is 0 Å². The molecule has 0 aliphatic rings. The largest absolute Gasteiger partial charge is 0.416 e. The Labute approximate surface area is 125 Å². The van der Waals surface area contributed by atoms with Gasteiger partial charge in [-0.15, -0.1) is 11.6 Å². The number of nitrogens with zero attached hydrogens (tertiary/aromatic N) is 2. The van der Waals surface area contributed by atoms with Crippen LogP contribution >= 0.6 is 11.6 Å². The summed E-state index contributed by atoms with van der Waals surface area (Å²) in [5, 5.41) is 0. The second-order valence-corrected chi connectivity index (χ2v) is 4.83. The summed E-state index contributed by atoms with van der Waals surface area (Å²) < 4.78 is 45.3. The molecule has 0 aliphatic heterocycles. The maximum absolute atomic E-state index is 12.7. The van der Waals surface area contributed by atoms with Crippen LogP contribution in [0.5, 0.6) is 0 Å². The number of alkyl halides is 4. The van der Waals surface area contributed by atoms with Crippen molar-refractivity contribution in [1.29, 1.82) is 0 Å². The molecular weight excluding hydrogens is 305 g/mol. The van der Waals surface area contributed by atoms with Crippen LogP contribution in [0.3, 0.4) is 0 Å². The molecule has 7 heteroatoms. The first-order valence-corrected chi connectivity index (χ1v) is 7.21.